The zero-order valence-corrected chi connectivity index (χ0v) is 9.23. The van der Waals surface area contributed by atoms with E-state index in [-0.39, 0.29) is 0 Å². The SMILES string of the molecule is COc1cc(N2CCNC(C)C2)ccn1. The largest absolute Gasteiger partial charge is 0.481 e. The van der Waals surface area contributed by atoms with E-state index >= 15 is 0 Å². The molecule has 1 unspecified atom stereocenters. The number of methoxy groups -OCH3 is 1. The molecule has 15 heavy (non-hydrogen) atoms. The molecular weight excluding hydrogens is 190 g/mol. The van der Waals surface area contributed by atoms with Gasteiger partial charge in [-0.15, -0.1) is 0 Å². The standard InChI is InChI=1S/C11H17N3O/c1-9-8-14(6-5-12-9)10-3-4-13-11(7-10)15-2/h3-4,7,9,12H,5-6,8H2,1-2H3. The Morgan fingerprint density at radius 1 is 1.60 bits per heavy atom. The van der Waals surface area contributed by atoms with Crippen molar-refractivity contribution >= 4 is 5.69 Å². The molecule has 4 nitrogen and oxygen atoms in total. The summed E-state index contributed by atoms with van der Waals surface area (Å²) in [4.78, 5) is 6.46. The Balaban J connectivity index is 2.13. The number of anilines is 1. The van der Waals surface area contributed by atoms with E-state index in [1.54, 1.807) is 13.3 Å². The van der Waals surface area contributed by atoms with Crippen LogP contribution in [-0.2, 0) is 0 Å². The molecule has 4 heteroatoms. The zero-order chi connectivity index (χ0) is 10.7. The Kier molecular flexibility index (Phi) is 3.06. The van der Waals surface area contributed by atoms with Crippen LogP contribution in [0.15, 0.2) is 18.3 Å². The highest BCUT2D eigenvalue weighted by molar-refractivity contribution is 5.48. The third-order valence-electron chi connectivity index (χ3n) is 2.66. The summed E-state index contributed by atoms with van der Waals surface area (Å²) in [5, 5.41) is 3.42. The van der Waals surface area contributed by atoms with Crippen LogP contribution in [0, 0.1) is 0 Å². The molecular formula is C11H17N3O. The summed E-state index contributed by atoms with van der Waals surface area (Å²) < 4.78 is 5.12. The monoisotopic (exact) mass is 207 g/mol. The molecule has 0 spiro atoms. The maximum atomic E-state index is 5.12. The molecule has 1 atom stereocenters. The molecule has 1 saturated heterocycles. The lowest BCUT2D eigenvalue weighted by Crippen LogP contribution is -2.49. The quantitative estimate of drug-likeness (QED) is 0.781. The van der Waals surface area contributed by atoms with Gasteiger partial charge in [-0.1, -0.05) is 0 Å². The van der Waals surface area contributed by atoms with Gasteiger partial charge in [-0.2, -0.15) is 0 Å². The van der Waals surface area contributed by atoms with E-state index in [1.807, 2.05) is 12.1 Å². The van der Waals surface area contributed by atoms with Crippen molar-refractivity contribution in [3.63, 3.8) is 0 Å². The van der Waals surface area contributed by atoms with E-state index in [9.17, 15) is 0 Å². The molecule has 82 valence electrons. The second kappa shape index (κ2) is 4.49. The minimum Gasteiger partial charge on any atom is -0.481 e. The fraction of sp³-hybridized carbons (Fsp3) is 0.545. The Hall–Kier alpha value is -1.29. The van der Waals surface area contributed by atoms with E-state index < -0.39 is 0 Å². The zero-order valence-electron chi connectivity index (χ0n) is 9.23. The van der Waals surface area contributed by atoms with Crippen LogP contribution in [-0.4, -0.2) is 37.8 Å². The number of ether oxygens (including phenoxy) is 1. The van der Waals surface area contributed by atoms with Crippen molar-refractivity contribution in [3.05, 3.63) is 18.3 Å². The molecule has 1 aromatic rings. The lowest BCUT2D eigenvalue weighted by atomic mass is 10.2. The lowest BCUT2D eigenvalue weighted by molar-refractivity contribution is 0.397. The van der Waals surface area contributed by atoms with Crippen LogP contribution in [0.25, 0.3) is 0 Å². The van der Waals surface area contributed by atoms with Crippen LogP contribution in [0.4, 0.5) is 5.69 Å². The number of nitrogens with zero attached hydrogens (tertiary/aromatic N) is 2. The average molecular weight is 207 g/mol. The summed E-state index contributed by atoms with van der Waals surface area (Å²) >= 11 is 0. The van der Waals surface area contributed by atoms with Gasteiger partial charge in [-0.25, -0.2) is 4.98 Å². The Bertz CT molecular complexity index is 329. The highest BCUT2D eigenvalue weighted by Gasteiger charge is 2.16. The first-order valence-corrected chi connectivity index (χ1v) is 5.28. The number of nitrogens with one attached hydrogen (secondary N) is 1. The summed E-state index contributed by atoms with van der Waals surface area (Å²) in [6.45, 7) is 5.31. The van der Waals surface area contributed by atoms with Crippen molar-refractivity contribution in [3.8, 4) is 5.88 Å². The second-order valence-corrected chi connectivity index (χ2v) is 3.86. The number of pyridine rings is 1. The molecule has 0 saturated carbocycles. The van der Waals surface area contributed by atoms with Gasteiger partial charge in [0.2, 0.25) is 5.88 Å². The van der Waals surface area contributed by atoms with Gasteiger partial charge < -0.3 is 15.0 Å². The van der Waals surface area contributed by atoms with E-state index in [1.165, 1.54) is 5.69 Å². The Labute approximate surface area is 90.3 Å². The van der Waals surface area contributed by atoms with Crippen LogP contribution in [0.1, 0.15) is 6.92 Å². The van der Waals surface area contributed by atoms with Crippen LogP contribution in [0.3, 0.4) is 0 Å². The maximum Gasteiger partial charge on any atom is 0.214 e. The van der Waals surface area contributed by atoms with E-state index in [0.29, 0.717) is 11.9 Å². The summed E-state index contributed by atoms with van der Waals surface area (Å²) in [5.74, 6) is 0.679. The van der Waals surface area contributed by atoms with Crippen molar-refractivity contribution in [2.24, 2.45) is 0 Å². The Morgan fingerprint density at radius 2 is 2.47 bits per heavy atom. The van der Waals surface area contributed by atoms with Crippen molar-refractivity contribution < 1.29 is 4.74 Å². The number of rotatable bonds is 2. The van der Waals surface area contributed by atoms with Gasteiger partial charge in [0.15, 0.2) is 0 Å². The van der Waals surface area contributed by atoms with Crippen LogP contribution >= 0.6 is 0 Å². The fourth-order valence-corrected chi connectivity index (χ4v) is 1.87. The molecule has 2 rings (SSSR count). The lowest BCUT2D eigenvalue weighted by Gasteiger charge is -2.33. The summed E-state index contributed by atoms with van der Waals surface area (Å²) in [6.07, 6.45) is 1.79. The van der Waals surface area contributed by atoms with Gasteiger partial charge in [0.05, 0.1) is 7.11 Å². The van der Waals surface area contributed by atoms with Crippen molar-refractivity contribution in [2.45, 2.75) is 13.0 Å². The maximum absolute atomic E-state index is 5.12. The molecule has 0 radical (unpaired) electrons. The van der Waals surface area contributed by atoms with Gasteiger partial charge in [-0.05, 0) is 13.0 Å². The van der Waals surface area contributed by atoms with E-state index in [0.717, 1.165) is 19.6 Å². The fourth-order valence-electron chi connectivity index (χ4n) is 1.87. The van der Waals surface area contributed by atoms with Crippen LogP contribution in [0.2, 0.25) is 0 Å². The first kappa shape index (κ1) is 10.2. The molecule has 1 N–H and O–H groups in total. The van der Waals surface area contributed by atoms with Gasteiger partial charge >= 0.3 is 0 Å². The predicted octanol–water partition coefficient (Wildman–Crippen LogP) is 0.888. The number of aromatic nitrogens is 1. The molecule has 0 aromatic carbocycles. The van der Waals surface area contributed by atoms with Gasteiger partial charge in [-0.3, -0.25) is 0 Å². The average Bonchev–Trinajstić information content (AvgIpc) is 2.29. The molecule has 0 aliphatic carbocycles. The van der Waals surface area contributed by atoms with Gasteiger partial charge in [0.1, 0.15) is 0 Å². The van der Waals surface area contributed by atoms with Crippen molar-refractivity contribution in [1.29, 1.82) is 0 Å². The third-order valence-corrected chi connectivity index (χ3v) is 2.66. The van der Waals surface area contributed by atoms with E-state index in [2.05, 4.69) is 22.1 Å². The second-order valence-electron chi connectivity index (χ2n) is 3.86. The summed E-state index contributed by atoms with van der Waals surface area (Å²) in [5.41, 5.74) is 1.19. The molecule has 0 bridgehead atoms. The van der Waals surface area contributed by atoms with Crippen molar-refractivity contribution in [2.75, 3.05) is 31.6 Å². The Morgan fingerprint density at radius 3 is 3.20 bits per heavy atom. The summed E-state index contributed by atoms with van der Waals surface area (Å²) in [6, 6.07) is 4.55. The first-order chi connectivity index (χ1) is 7.29. The minimum absolute atomic E-state index is 0.540. The normalized spacial score (nSPS) is 21.5. The topological polar surface area (TPSA) is 37.4 Å². The van der Waals surface area contributed by atoms with Crippen LogP contribution < -0.4 is 15.0 Å². The van der Waals surface area contributed by atoms with Crippen molar-refractivity contribution in [1.82, 2.24) is 10.3 Å². The third kappa shape index (κ3) is 2.39. The number of hydrogen-bond acceptors (Lipinski definition) is 4. The first-order valence-electron chi connectivity index (χ1n) is 5.28. The smallest absolute Gasteiger partial charge is 0.214 e. The molecule has 1 aliphatic heterocycles. The molecule has 1 aliphatic rings. The molecule has 1 aromatic heterocycles. The van der Waals surface area contributed by atoms with Crippen LogP contribution in [0.5, 0.6) is 5.88 Å². The highest BCUT2D eigenvalue weighted by Crippen LogP contribution is 2.19. The minimum atomic E-state index is 0.540. The number of piperazine rings is 1. The van der Waals surface area contributed by atoms with E-state index in [4.69, 9.17) is 4.74 Å². The number of hydrogen-bond donors (Lipinski definition) is 1. The molecule has 0 amide bonds. The highest BCUT2D eigenvalue weighted by atomic mass is 16.5. The predicted molar refractivity (Wildman–Crippen MR) is 60.5 cm³/mol. The van der Waals surface area contributed by atoms with Gasteiger partial charge in [0.25, 0.3) is 0 Å². The van der Waals surface area contributed by atoms with Gasteiger partial charge in [0, 0.05) is 43.6 Å². The molecule has 1 fully saturated rings. The summed E-state index contributed by atoms with van der Waals surface area (Å²) in [7, 11) is 1.65. The molecule has 2 heterocycles.